The predicted molar refractivity (Wildman–Crippen MR) is 151 cm³/mol. The number of hydrogen-bond acceptors (Lipinski definition) is 11. The molecule has 2 aliphatic rings. The summed E-state index contributed by atoms with van der Waals surface area (Å²) in [6, 6.07) is 8.34. The molecule has 2 heterocycles. The van der Waals surface area contributed by atoms with Gasteiger partial charge in [-0.25, -0.2) is 4.79 Å². The summed E-state index contributed by atoms with van der Waals surface area (Å²) in [6.07, 6.45) is 1.79. The van der Waals surface area contributed by atoms with Gasteiger partial charge in [0.05, 0.1) is 29.9 Å². The molecule has 0 aliphatic carbocycles. The molecule has 0 bridgehead atoms. The highest BCUT2D eigenvalue weighted by Crippen LogP contribution is 2.52. The van der Waals surface area contributed by atoms with Crippen molar-refractivity contribution in [3.8, 4) is 0 Å². The molecular formula is C26H39N3O8S2. The Morgan fingerprint density at radius 1 is 1.10 bits per heavy atom. The van der Waals surface area contributed by atoms with Gasteiger partial charge in [0.15, 0.2) is 0 Å². The molecule has 3 rings (SSSR count). The standard InChI is InChI=1S/C18H29N3O8S2.C8H10/c1-4-27-16(23)13(3)19-12(2)15(22)20-11-18(30-8-9-31-18)10-14(20)17(24)28-6-5-7-29-21(25)26;1-2-8-6-4-3-5-7-8/h12-14,19H,4-11H2,1-3H3;3-7H,2H2,1H3. The minimum atomic E-state index is -0.900. The second kappa shape index (κ2) is 16.6. The molecule has 1 N–H and O–H groups in total. The zero-order chi connectivity index (χ0) is 28.8. The highest BCUT2D eigenvalue weighted by Gasteiger charge is 2.52. The number of carbonyl (C=O) groups is 3. The van der Waals surface area contributed by atoms with Gasteiger partial charge < -0.3 is 19.2 Å². The molecule has 39 heavy (non-hydrogen) atoms. The number of esters is 2. The number of thioether (sulfide) groups is 2. The van der Waals surface area contributed by atoms with Gasteiger partial charge in [-0.05, 0) is 32.8 Å². The van der Waals surface area contributed by atoms with E-state index in [0.29, 0.717) is 13.0 Å². The lowest BCUT2D eigenvalue weighted by molar-refractivity contribution is -0.757. The van der Waals surface area contributed by atoms with Crippen LogP contribution in [0.1, 0.15) is 46.1 Å². The molecule has 1 aromatic rings. The second-order valence-electron chi connectivity index (χ2n) is 9.07. The van der Waals surface area contributed by atoms with E-state index >= 15 is 0 Å². The lowest BCUT2D eigenvalue weighted by Gasteiger charge is -2.28. The number of amides is 1. The number of aryl methyl sites for hydroxylation is 1. The van der Waals surface area contributed by atoms with Crippen molar-refractivity contribution in [2.45, 2.75) is 69.2 Å². The van der Waals surface area contributed by atoms with Crippen molar-refractivity contribution >= 4 is 41.4 Å². The van der Waals surface area contributed by atoms with Gasteiger partial charge in [-0.15, -0.1) is 33.6 Å². The van der Waals surface area contributed by atoms with Crippen molar-refractivity contribution in [2.24, 2.45) is 0 Å². The average Bonchev–Trinajstić information content (AvgIpc) is 3.55. The van der Waals surface area contributed by atoms with Gasteiger partial charge in [0.1, 0.15) is 12.1 Å². The third-order valence-electron chi connectivity index (χ3n) is 6.15. The fourth-order valence-electron chi connectivity index (χ4n) is 4.20. The molecule has 0 aromatic heterocycles. The van der Waals surface area contributed by atoms with Crippen molar-refractivity contribution in [1.82, 2.24) is 10.2 Å². The minimum Gasteiger partial charge on any atom is -0.465 e. The smallest absolute Gasteiger partial charge is 0.328 e. The number of ether oxygens (including phenoxy) is 2. The van der Waals surface area contributed by atoms with Crippen LogP contribution in [0.5, 0.6) is 0 Å². The first-order chi connectivity index (χ1) is 18.6. The van der Waals surface area contributed by atoms with Crippen molar-refractivity contribution in [3.63, 3.8) is 0 Å². The van der Waals surface area contributed by atoms with Crippen LogP contribution >= 0.6 is 23.5 Å². The van der Waals surface area contributed by atoms with E-state index in [-0.39, 0.29) is 36.2 Å². The van der Waals surface area contributed by atoms with E-state index in [9.17, 15) is 24.5 Å². The minimum absolute atomic E-state index is 0.0355. The second-order valence-corrected chi connectivity index (χ2v) is 12.3. The number of benzene rings is 1. The lowest BCUT2D eigenvalue weighted by Crippen LogP contribution is -2.53. The average molecular weight is 586 g/mol. The SMILES string of the molecule is CCOC(=O)C(C)NC(C)C(=O)N1CC2(CC1C(=O)OCCCO[N+](=O)[O-])SCCS2.CCc1ccccc1. The van der Waals surface area contributed by atoms with Crippen LogP contribution in [0, 0.1) is 10.1 Å². The van der Waals surface area contributed by atoms with Crippen molar-refractivity contribution < 1.29 is 33.8 Å². The fourth-order valence-corrected chi connectivity index (χ4v) is 7.45. The first kappa shape index (κ1) is 32.7. The Labute approximate surface area is 238 Å². The van der Waals surface area contributed by atoms with E-state index in [1.54, 1.807) is 44.3 Å². The molecule has 3 unspecified atom stereocenters. The van der Waals surface area contributed by atoms with Gasteiger partial charge >= 0.3 is 11.9 Å². The van der Waals surface area contributed by atoms with Gasteiger partial charge in [0.25, 0.3) is 5.09 Å². The van der Waals surface area contributed by atoms with E-state index in [1.165, 1.54) is 10.5 Å². The molecule has 2 fully saturated rings. The Hall–Kier alpha value is -2.51. The summed E-state index contributed by atoms with van der Waals surface area (Å²) in [5.41, 5.74) is 1.41. The third kappa shape index (κ3) is 10.5. The van der Waals surface area contributed by atoms with Crippen LogP contribution in [-0.4, -0.2) is 87.9 Å². The quantitative estimate of drug-likeness (QED) is 0.168. The Morgan fingerprint density at radius 3 is 2.33 bits per heavy atom. The van der Waals surface area contributed by atoms with Crippen LogP contribution in [-0.2, 0) is 35.1 Å². The molecule has 2 saturated heterocycles. The lowest BCUT2D eigenvalue weighted by atomic mass is 10.2. The van der Waals surface area contributed by atoms with Crippen molar-refractivity contribution in [3.05, 3.63) is 46.0 Å². The molecule has 0 saturated carbocycles. The Morgan fingerprint density at radius 2 is 1.77 bits per heavy atom. The van der Waals surface area contributed by atoms with Gasteiger partial charge in [-0.2, -0.15) is 0 Å². The number of nitrogens with one attached hydrogen (secondary N) is 1. The summed E-state index contributed by atoms with van der Waals surface area (Å²) in [6.45, 7) is 7.59. The van der Waals surface area contributed by atoms with Crippen LogP contribution in [0.25, 0.3) is 0 Å². The van der Waals surface area contributed by atoms with E-state index in [0.717, 1.165) is 17.9 Å². The number of likely N-dealkylation sites (tertiary alicyclic amines) is 1. The Bertz CT molecular complexity index is 946. The maximum absolute atomic E-state index is 13.2. The molecule has 11 nitrogen and oxygen atoms in total. The van der Waals surface area contributed by atoms with Gasteiger partial charge in [-0.3, -0.25) is 14.9 Å². The van der Waals surface area contributed by atoms with Gasteiger partial charge in [0, 0.05) is 30.9 Å². The molecule has 0 radical (unpaired) electrons. The third-order valence-corrected chi connectivity index (χ3v) is 9.58. The van der Waals surface area contributed by atoms with Crippen molar-refractivity contribution in [1.29, 1.82) is 0 Å². The molecular weight excluding hydrogens is 546 g/mol. The maximum atomic E-state index is 13.2. The van der Waals surface area contributed by atoms with Crippen LogP contribution in [0.15, 0.2) is 30.3 Å². The summed E-state index contributed by atoms with van der Waals surface area (Å²) in [5.74, 6) is 0.612. The molecule has 1 amide bonds. The highest BCUT2D eigenvalue weighted by atomic mass is 32.2. The fraction of sp³-hybridized carbons (Fsp3) is 0.654. The Kier molecular flexibility index (Phi) is 13.9. The summed E-state index contributed by atoms with van der Waals surface area (Å²) in [7, 11) is 0. The number of hydrogen-bond donors (Lipinski definition) is 1. The molecule has 3 atom stereocenters. The molecule has 218 valence electrons. The first-order valence-electron chi connectivity index (χ1n) is 13.1. The molecule has 1 aromatic carbocycles. The van der Waals surface area contributed by atoms with E-state index in [2.05, 4.69) is 41.3 Å². The monoisotopic (exact) mass is 585 g/mol. The van der Waals surface area contributed by atoms with E-state index in [4.69, 9.17) is 9.47 Å². The maximum Gasteiger partial charge on any atom is 0.328 e. The van der Waals surface area contributed by atoms with Gasteiger partial charge in [-0.1, -0.05) is 37.3 Å². The van der Waals surface area contributed by atoms with Crippen LogP contribution < -0.4 is 5.32 Å². The van der Waals surface area contributed by atoms with E-state index in [1.807, 2.05) is 6.07 Å². The van der Waals surface area contributed by atoms with Crippen LogP contribution in [0.3, 0.4) is 0 Å². The zero-order valence-electron chi connectivity index (χ0n) is 23.0. The van der Waals surface area contributed by atoms with Crippen LogP contribution in [0.2, 0.25) is 0 Å². The number of carbonyl (C=O) groups excluding carboxylic acids is 3. The predicted octanol–water partition coefficient (Wildman–Crippen LogP) is 3.08. The molecule has 1 spiro atoms. The summed E-state index contributed by atoms with van der Waals surface area (Å²) in [5, 5.41) is 12.2. The topological polar surface area (TPSA) is 137 Å². The summed E-state index contributed by atoms with van der Waals surface area (Å²) in [4.78, 5) is 53.7. The van der Waals surface area contributed by atoms with Crippen molar-refractivity contribution in [2.75, 3.05) is 37.9 Å². The number of nitrogens with zero attached hydrogens (tertiary/aromatic N) is 2. The number of rotatable bonds is 12. The first-order valence-corrected chi connectivity index (χ1v) is 15.1. The zero-order valence-corrected chi connectivity index (χ0v) is 24.6. The van der Waals surface area contributed by atoms with Crippen LogP contribution in [0.4, 0.5) is 0 Å². The molecule has 2 aliphatic heterocycles. The summed E-state index contributed by atoms with van der Waals surface area (Å²) >= 11 is 3.48. The largest absolute Gasteiger partial charge is 0.465 e. The van der Waals surface area contributed by atoms with E-state index < -0.39 is 35.2 Å². The highest BCUT2D eigenvalue weighted by molar-refractivity contribution is 8.21. The Balaban J connectivity index is 0.000000568. The van der Waals surface area contributed by atoms with Gasteiger partial charge in [0.2, 0.25) is 5.91 Å². The normalized spacial score (nSPS) is 19.0. The summed E-state index contributed by atoms with van der Waals surface area (Å²) < 4.78 is 9.99. The molecule has 13 heteroatoms.